The first kappa shape index (κ1) is 20.5. The quantitative estimate of drug-likeness (QED) is 0.616. The van der Waals surface area contributed by atoms with E-state index in [0.29, 0.717) is 13.0 Å². The van der Waals surface area contributed by atoms with Gasteiger partial charge >= 0.3 is 0 Å². The van der Waals surface area contributed by atoms with Gasteiger partial charge in [0.25, 0.3) is 15.9 Å². The molecule has 0 heterocycles. The van der Waals surface area contributed by atoms with Crippen LogP contribution >= 0.6 is 0 Å². The van der Waals surface area contributed by atoms with Gasteiger partial charge in [-0.3, -0.25) is 9.52 Å². The molecule has 0 aliphatic carbocycles. The average Bonchev–Trinajstić information content (AvgIpc) is 2.71. The standard InChI is InChI=1S/C21H18F2N2O3S/c22-17-9-5-15(6-10-17)13-14-24-21(26)16-7-11-18(12-8-16)29(27,28)25-20-4-2-1-3-19(20)23/h1-12,25H,13-14H2,(H,24,26). The lowest BCUT2D eigenvalue weighted by molar-refractivity contribution is 0.0954. The number of nitrogens with one attached hydrogen (secondary N) is 2. The number of anilines is 1. The number of rotatable bonds is 7. The Morgan fingerprint density at radius 2 is 1.52 bits per heavy atom. The van der Waals surface area contributed by atoms with Crippen molar-refractivity contribution in [3.05, 3.63) is 95.6 Å². The zero-order chi connectivity index (χ0) is 20.9. The minimum Gasteiger partial charge on any atom is -0.352 e. The number of sulfonamides is 1. The van der Waals surface area contributed by atoms with Gasteiger partial charge in [-0.1, -0.05) is 24.3 Å². The summed E-state index contributed by atoms with van der Waals surface area (Å²) in [7, 11) is -3.99. The minimum absolute atomic E-state index is 0.0939. The van der Waals surface area contributed by atoms with Crippen molar-refractivity contribution in [2.45, 2.75) is 11.3 Å². The van der Waals surface area contributed by atoms with E-state index >= 15 is 0 Å². The van der Waals surface area contributed by atoms with Crippen LogP contribution in [0.1, 0.15) is 15.9 Å². The molecule has 29 heavy (non-hydrogen) atoms. The van der Waals surface area contributed by atoms with E-state index in [1.165, 1.54) is 54.6 Å². The van der Waals surface area contributed by atoms with Crippen LogP contribution in [-0.2, 0) is 16.4 Å². The molecule has 0 unspecified atom stereocenters. The summed E-state index contributed by atoms with van der Waals surface area (Å²) in [5.41, 5.74) is 1.01. The summed E-state index contributed by atoms with van der Waals surface area (Å²) in [4.78, 5) is 12.1. The monoisotopic (exact) mass is 416 g/mol. The number of benzene rings is 3. The van der Waals surface area contributed by atoms with Crippen LogP contribution in [0.5, 0.6) is 0 Å². The van der Waals surface area contributed by atoms with Crippen molar-refractivity contribution in [1.29, 1.82) is 0 Å². The summed E-state index contributed by atoms with van der Waals surface area (Å²) in [6.07, 6.45) is 0.533. The van der Waals surface area contributed by atoms with Gasteiger partial charge in [-0.25, -0.2) is 17.2 Å². The molecule has 0 aromatic heterocycles. The van der Waals surface area contributed by atoms with Gasteiger partial charge in [0.1, 0.15) is 11.6 Å². The van der Waals surface area contributed by atoms with Crippen LogP contribution in [-0.4, -0.2) is 20.9 Å². The van der Waals surface area contributed by atoms with Crippen LogP contribution in [0.4, 0.5) is 14.5 Å². The highest BCUT2D eigenvalue weighted by molar-refractivity contribution is 7.92. The van der Waals surface area contributed by atoms with Crippen molar-refractivity contribution >= 4 is 21.6 Å². The third-order valence-corrected chi connectivity index (χ3v) is 5.54. The fraction of sp³-hybridized carbons (Fsp3) is 0.0952. The summed E-state index contributed by atoms with van der Waals surface area (Å²) < 4.78 is 53.5. The molecule has 0 radical (unpaired) electrons. The van der Waals surface area contributed by atoms with Gasteiger partial charge in [-0.15, -0.1) is 0 Å². The lowest BCUT2D eigenvalue weighted by atomic mass is 10.1. The molecule has 8 heteroatoms. The van der Waals surface area contributed by atoms with E-state index in [1.54, 1.807) is 12.1 Å². The Bertz CT molecular complexity index is 1100. The normalized spacial score (nSPS) is 11.1. The molecule has 3 rings (SSSR count). The van der Waals surface area contributed by atoms with E-state index in [4.69, 9.17) is 0 Å². The fourth-order valence-corrected chi connectivity index (χ4v) is 3.67. The molecular weight excluding hydrogens is 398 g/mol. The average molecular weight is 416 g/mol. The summed E-state index contributed by atoms with van der Waals surface area (Å²) in [6.45, 7) is 0.347. The molecule has 0 bridgehead atoms. The van der Waals surface area contributed by atoms with Crippen molar-refractivity contribution in [2.75, 3.05) is 11.3 Å². The molecule has 0 saturated heterocycles. The molecule has 1 amide bonds. The predicted octanol–water partition coefficient (Wildman–Crippen LogP) is 3.74. The van der Waals surface area contributed by atoms with Crippen molar-refractivity contribution in [2.24, 2.45) is 0 Å². The van der Waals surface area contributed by atoms with E-state index in [0.717, 1.165) is 11.6 Å². The van der Waals surface area contributed by atoms with E-state index in [1.807, 2.05) is 0 Å². The first-order chi connectivity index (χ1) is 13.8. The van der Waals surface area contributed by atoms with E-state index in [2.05, 4.69) is 10.0 Å². The van der Waals surface area contributed by atoms with Crippen LogP contribution in [0.25, 0.3) is 0 Å². The zero-order valence-corrected chi connectivity index (χ0v) is 16.0. The second kappa shape index (κ2) is 8.83. The molecule has 2 N–H and O–H groups in total. The predicted molar refractivity (Wildman–Crippen MR) is 106 cm³/mol. The largest absolute Gasteiger partial charge is 0.352 e. The highest BCUT2D eigenvalue weighted by Crippen LogP contribution is 2.19. The Hall–Kier alpha value is -3.26. The maximum Gasteiger partial charge on any atom is 0.261 e. The summed E-state index contributed by atoms with van der Waals surface area (Å²) in [6, 6.07) is 16.7. The van der Waals surface area contributed by atoms with Crippen molar-refractivity contribution < 1.29 is 22.0 Å². The van der Waals surface area contributed by atoms with Crippen LogP contribution in [0, 0.1) is 11.6 Å². The van der Waals surface area contributed by atoms with Gasteiger partial charge in [-0.05, 0) is 60.5 Å². The Kier molecular flexibility index (Phi) is 6.23. The van der Waals surface area contributed by atoms with Gasteiger partial charge in [0.15, 0.2) is 0 Å². The Labute approximate surface area is 167 Å². The third-order valence-electron chi connectivity index (χ3n) is 4.16. The number of para-hydroxylation sites is 1. The number of carbonyl (C=O) groups is 1. The highest BCUT2D eigenvalue weighted by atomic mass is 32.2. The number of hydrogen-bond donors (Lipinski definition) is 2. The van der Waals surface area contributed by atoms with Crippen LogP contribution in [0.3, 0.4) is 0 Å². The number of carbonyl (C=O) groups excluding carboxylic acids is 1. The van der Waals surface area contributed by atoms with E-state index in [9.17, 15) is 22.0 Å². The smallest absolute Gasteiger partial charge is 0.261 e. The lowest BCUT2D eigenvalue weighted by Gasteiger charge is -2.10. The van der Waals surface area contributed by atoms with Crippen LogP contribution in [0.15, 0.2) is 77.7 Å². The van der Waals surface area contributed by atoms with Gasteiger partial charge in [-0.2, -0.15) is 0 Å². The summed E-state index contributed by atoms with van der Waals surface area (Å²) in [5, 5.41) is 2.72. The Morgan fingerprint density at radius 3 is 2.17 bits per heavy atom. The number of halogens is 2. The van der Waals surface area contributed by atoms with Crippen molar-refractivity contribution in [3.8, 4) is 0 Å². The summed E-state index contributed by atoms with van der Waals surface area (Å²) >= 11 is 0. The van der Waals surface area contributed by atoms with Crippen molar-refractivity contribution in [3.63, 3.8) is 0 Å². The molecule has 5 nitrogen and oxygen atoms in total. The molecular formula is C21H18F2N2O3S. The van der Waals surface area contributed by atoms with Crippen LogP contribution in [0.2, 0.25) is 0 Å². The van der Waals surface area contributed by atoms with Crippen molar-refractivity contribution in [1.82, 2.24) is 5.32 Å². The Balaban J connectivity index is 1.60. The van der Waals surface area contributed by atoms with Gasteiger partial charge in [0.2, 0.25) is 0 Å². The molecule has 150 valence electrons. The highest BCUT2D eigenvalue weighted by Gasteiger charge is 2.17. The van der Waals surface area contributed by atoms with E-state index < -0.39 is 15.8 Å². The molecule has 0 spiro atoms. The fourth-order valence-electron chi connectivity index (χ4n) is 2.61. The number of hydrogen-bond acceptors (Lipinski definition) is 3. The van der Waals surface area contributed by atoms with Gasteiger partial charge < -0.3 is 5.32 Å². The maximum atomic E-state index is 13.7. The van der Waals surface area contributed by atoms with E-state index in [-0.39, 0.29) is 27.9 Å². The molecule has 3 aromatic rings. The SMILES string of the molecule is O=C(NCCc1ccc(F)cc1)c1ccc(S(=O)(=O)Nc2ccccc2F)cc1. The first-order valence-electron chi connectivity index (χ1n) is 8.75. The zero-order valence-electron chi connectivity index (χ0n) is 15.2. The third kappa shape index (κ3) is 5.39. The Morgan fingerprint density at radius 1 is 0.862 bits per heavy atom. The maximum absolute atomic E-state index is 13.7. The second-order valence-electron chi connectivity index (χ2n) is 6.24. The van der Waals surface area contributed by atoms with Gasteiger partial charge in [0.05, 0.1) is 10.6 Å². The molecule has 0 saturated carbocycles. The minimum atomic E-state index is -3.99. The summed E-state index contributed by atoms with van der Waals surface area (Å²) in [5.74, 6) is -1.37. The molecule has 0 aliphatic heterocycles. The molecule has 3 aromatic carbocycles. The number of amides is 1. The molecule has 0 aliphatic rings. The second-order valence-corrected chi connectivity index (χ2v) is 7.92. The topological polar surface area (TPSA) is 75.3 Å². The first-order valence-corrected chi connectivity index (χ1v) is 10.2. The van der Waals surface area contributed by atoms with Gasteiger partial charge in [0, 0.05) is 12.1 Å². The molecule has 0 atom stereocenters. The van der Waals surface area contributed by atoms with Crippen LogP contribution < -0.4 is 10.0 Å². The molecule has 0 fully saturated rings. The lowest BCUT2D eigenvalue weighted by Crippen LogP contribution is -2.25.